The van der Waals surface area contributed by atoms with Crippen LogP contribution in [0.1, 0.15) is 29.7 Å². The summed E-state index contributed by atoms with van der Waals surface area (Å²) in [6.07, 6.45) is 0. The Morgan fingerprint density at radius 1 is 1.04 bits per heavy atom. The third-order valence-corrected chi connectivity index (χ3v) is 4.37. The molecule has 0 fully saturated rings. The highest BCUT2D eigenvalue weighted by atomic mass is 127. The number of aliphatic imine (C=N–C) groups is 1. The number of guanidine groups is 1. The molecule has 0 radical (unpaired) electrons. The fourth-order valence-corrected chi connectivity index (χ4v) is 2.90. The van der Waals surface area contributed by atoms with Crippen LogP contribution in [-0.4, -0.2) is 13.0 Å². The Morgan fingerprint density at radius 2 is 1.81 bits per heavy atom. The Balaban J connectivity index is 0.00000261. The molecule has 0 bridgehead atoms. The van der Waals surface area contributed by atoms with E-state index in [-0.39, 0.29) is 30.0 Å². The molecule has 0 amide bonds. The van der Waals surface area contributed by atoms with E-state index in [9.17, 15) is 0 Å². The van der Waals surface area contributed by atoms with Crippen LogP contribution in [0.2, 0.25) is 0 Å². The van der Waals surface area contributed by atoms with Crippen molar-refractivity contribution in [2.45, 2.75) is 19.5 Å². The second-order valence-corrected chi connectivity index (χ2v) is 6.21. The van der Waals surface area contributed by atoms with Crippen LogP contribution >= 0.6 is 24.0 Å². The SMILES string of the molecule is CN=C(NCc1cccc(C#N)c1)NC(C)c1ccc2ccccc2c1.I. The van der Waals surface area contributed by atoms with E-state index in [1.165, 1.54) is 16.3 Å². The first-order valence-electron chi connectivity index (χ1n) is 8.64. The number of halogens is 1. The molecule has 0 aromatic heterocycles. The molecule has 3 aromatic rings. The fraction of sp³-hybridized carbons (Fsp3) is 0.182. The Morgan fingerprint density at radius 3 is 2.56 bits per heavy atom. The molecule has 0 heterocycles. The van der Waals surface area contributed by atoms with Gasteiger partial charge in [0.15, 0.2) is 5.96 Å². The second kappa shape index (κ2) is 9.93. The van der Waals surface area contributed by atoms with Crippen molar-refractivity contribution in [2.24, 2.45) is 4.99 Å². The van der Waals surface area contributed by atoms with E-state index in [0.29, 0.717) is 12.1 Å². The number of nitrogens with zero attached hydrogens (tertiary/aromatic N) is 2. The van der Waals surface area contributed by atoms with Crippen LogP contribution in [0.15, 0.2) is 71.7 Å². The third kappa shape index (κ3) is 5.44. The summed E-state index contributed by atoms with van der Waals surface area (Å²) in [6, 6.07) is 24.7. The van der Waals surface area contributed by atoms with Gasteiger partial charge in [0, 0.05) is 13.6 Å². The Kier molecular flexibility index (Phi) is 7.62. The standard InChI is InChI=1S/C22H22N4.HI/c1-16(20-11-10-19-8-3-4-9-21(19)13-20)26-22(24-2)25-15-18-7-5-6-17(12-18)14-23;/h3-13,16H,15H2,1-2H3,(H2,24,25,26);1H. The molecule has 0 aliphatic rings. The van der Waals surface area contributed by atoms with Crippen molar-refractivity contribution in [3.8, 4) is 6.07 Å². The molecule has 2 N–H and O–H groups in total. The lowest BCUT2D eigenvalue weighted by molar-refractivity contribution is 0.686. The van der Waals surface area contributed by atoms with Gasteiger partial charge in [0.05, 0.1) is 17.7 Å². The Bertz CT molecular complexity index is 975. The van der Waals surface area contributed by atoms with E-state index < -0.39 is 0 Å². The lowest BCUT2D eigenvalue weighted by Crippen LogP contribution is -2.38. The molecule has 5 heteroatoms. The van der Waals surface area contributed by atoms with Gasteiger partial charge in [-0.05, 0) is 47.0 Å². The molecule has 0 aliphatic carbocycles. The predicted octanol–water partition coefficient (Wildman–Crippen LogP) is 4.76. The summed E-state index contributed by atoms with van der Waals surface area (Å²) in [5, 5.41) is 18.2. The lowest BCUT2D eigenvalue weighted by atomic mass is 10.0. The average molecular weight is 470 g/mol. The maximum atomic E-state index is 9.00. The maximum absolute atomic E-state index is 9.00. The van der Waals surface area contributed by atoms with Crippen molar-refractivity contribution in [1.82, 2.24) is 10.6 Å². The van der Waals surface area contributed by atoms with E-state index in [1.54, 1.807) is 13.1 Å². The molecule has 27 heavy (non-hydrogen) atoms. The fourth-order valence-electron chi connectivity index (χ4n) is 2.90. The molecule has 1 atom stereocenters. The van der Waals surface area contributed by atoms with E-state index in [2.05, 4.69) is 71.1 Å². The van der Waals surface area contributed by atoms with Gasteiger partial charge in [-0.15, -0.1) is 24.0 Å². The summed E-state index contributed by atoms with van der Waals surface area (Å²) in [7, 11) is 1.76. The lowest BCUT2D eigenvalue weighted by Gasteiger charge is -2.19. The van der Waals surface area contributed by atoms with Gasteiger partial charge in [-0.25, -0.2) is 0 Å². The monoisotopic (exact) mass is 470 g/mol. The number of rotatable bonds is 4. The molecular formula is C22H23IN4. The predicted molar refractivity (Wildman–Crippen MR) is 122 cm³/mol. The van der Waals surface area contributed by atoms with Gasteiger partial charge in [0.2, 0.25) is 0 Å². The summed E-state index contributed by atoms with van der Waals surface area (Å²) in [4.78, 5) is 4.30. The molecule has 0 saturated heterocycles. The normalized spacial score (nSPS) is 12.0. The van der Waals surface area contributed by atoms with Crippen LogP contribution in [0.5, 0.6) is 0 Å². The molecule has 3 rings (SSSR count). The van der Waals surface area contributed by atoms with Crippen LogP contribution in [0.3, 0.4) is 0 Å². The Labute approximate surface area is 177 Å². The second-order valence-electron chi connectivity index (χ2n) is 6.21. The van der Waals surface area contributed by atoms with Crippen molar-refractivity contribution in [1.29, 1.82) is 5.26 Å². The molecule has 138 valence electrons. The first-order chi connectivity index (χ1) is 12.7. The van der Waals surface area contributed by atoms with Gasteiger partial charge in [-0.2, -0.15) is 5.26 Å². The van der Waals surface area contributed by atoms with E-state index in [0.717, 1.165) is 11.5 Å². The van der Waals surface area contributed by atoms with Gasteiger partial charge < -0.3 is 10.6 Å². The number of benzene rings is 3. The molecule has 4 nitrogen and oxygen atoms in total. The van der Waals surface area contributed by atoms with Crippen molar-refractivity contribution in [3.63, 3.8) is 0 Å². The number of hydrogen-bond acceptors (Lipinski definition) is 2. The molecule has 1 unspecified atom stereocenters. The zero-order valence-corrected chi connectivity index (χ0v) is 17.8. The van der Waals surface area contributed by atoms with Crippen molar-refractivity contribution in [3.05, 3.63) is 83.4 Å². The molecule has 0 aliphatic heterocycles. The third-order valence-electron chi connectivity index (χ3n) is 4.37. The number of fused-ring (bicyclic) bond motifs is 1. The highest BCUT2D eigenvalue weighted by Gasteiger charge is 2.08. The number of nitriles is 1. The van der Waals surface area contributed by atoms with Crippen molar-refractivity contribution < 1.29 is 0 Å². The number of nitrogens with one attached hydrogen (secondary N) is 2. The van der Waals surface area contributed by atoms with Gasteiger partial charge in [0.1, 0.15) is 0 Å². The van der Waals surface area contributed by atoms with Crippen LogP contribution < -0.4 is 10.6 Å². The topological polar surface area (TPSA) is 60.2 Å². The largest absolute Gasteiger partial charge is 0.352 e. The minimum absolute atomic E-state index is 0. The summed E-state index contributed by atoms with van der Waals surface area (Å²) >= 11 is 0. The van der Waals surface area contributed by atoms with Crippen LogP contribution in [0, 0.1) is 11.3 Å². The minimum atomic E-state index is 0. The van der Waals surface area contributed by atoms with Gasteiger partial charge in [0.25, 0.3) is 0 Å². The highest BCUT2D eigenvalue weighted by Crippen LogP contribution is 2.20. The summed E-state index contributed by atoms with van der Waals surface area (Å²) in [5.41, 5.74) is 2.92. The van der Waals surface area contributed by atoms with E-state index in [1.807, 2.05) is 18.2 Å². The number of hydrogen-bond donors (Lipinski definition) is 2. The van der Waals surface area contributed by atoms with Crippen LogP contribution in [-0.2, 0) is 6.54 Å². The summed E-state index contributed by atoms with van der Waals surface area (Å²) < 4.78 is 0. The molecule has 3 aromatic carbocycles. The van der Waals surface area contributed by atoms with Gasteiger partial charge in [-0.3, -0.25) is 4.99 Å². The average Bonchev–Trinajstić information content (AvgIpc) is 2.70. The van der Waals surface area contributed by atoms with Crippen LogP contribution in [0.4, 0.5) is 0 Å². The maximum Gasteiger partial charge on any atom is 0.191 e. The summed E-state index contributed by atoms with van der Waals surface area (Å²) in [6.45, 7) is 2.73. The molecular weight excluding hydrogens is 447 g/mol. The smallest absolute Gasteiger partial charge is 0.191 e. The molecule has 0 saturated carbocycles. The quantitative estimate of drug-likeness (QED) is 0.329. The molecule has 0 spiro atoms. The minimum Gasteiger partial charge on any atom is -0.352 e. The summed E-state index contributed by atoms with van der Waals surface area (Å²) in [5.74, 6) is 0.730. The zero-order chi connectivity index (χ0) is 18.4. The van der Waals surface area contributed by atoms with Gasteiger partial charge >= 0.3 is 0 Å². The van der Waals surface area contributed by atoms with E-state index >= 15 is 0 Å². The first-order valence-corrected chi connectivity index (χ1v) is 8.64. The van der Waals surface area contributed by atoms with E-state index in [4.69, 9.17) is 5.26 Å². The Hall–Kier alpha value is -2.59. The highest BCUT2D eigenvalue weighted by molar-refractivity contribution is 14.0. The van der Waals surface area contributed by atoms with Crippen molar-refractivity contribution >= 4 is 40.7 Å². The zero-order valence-electron chi connectivity index (χ0n) is 15.4. The van der Waals surface area contributed by atoms with Crippen LogP contribution in [0.25, 0.3) is 10.8 Å². The first kappa shape index (κ1) is 20.7. The van der Waals surface area contributed by atoms with Crippen molar-refractivity contribution in [2.75, 3.05) is 7.05 Å². The van der Waals surface area contributed by atoms with Gasteiger partial charge in [-0.1, -0.05) is 48.5 Å².